The summed E-state index contributed by atoms with van der Waals surface area (Å²) in [6.45, 7) is 0.137. The number of benzene rings is 3. The van der Waals surface area contributed by atoms with Gasteiger partial charge in [0.25, 0.3) is 0 Å². The van der Waals surface area contributed by atoms with Crippen molar-refractivity contribution in [3.63, 3.8) is 0 Å². The molecule has 0 radical (unpaired) electrons. The molecule has 0 aliphatic carbocycles. The highest BCUT2D eigenvalue weighted by atomic mass is 32.2. The van der Waals surface area contributed by atoms with Gasteiger partial charge in [-0.1, -0.05) is 36.4 Å². The number of para-hydroxylation sites is 1. The summed E-state index contributed by atoms with van der Waals surface area (Å²) in [5.74, 6) is 2.27. The van der Waals surface area contributed by atoms with Crippen LogP contribution in [0, 0.1) is 11.2 Å². The van der Waals surface area contributed by atoms with E-state index in [2.05, 4.69) is 11.2 Å². The van der Waals surface area contributed by atoms with Crippen LogP contribution in [0.25, 0.3) is 0 Å². The highest BCUT2D eigenvalue weighted by molar-refractivity contribution is 8.04. The molecule has 0 aliphatic rings. The van der Waals surface area contributed by atoms with E-state index in [9.17, 15) is 14.7 Å². The third kappa shape index (κ3) is 6.14. The zero-order valence-electron chi connectivity index (χ0n) is 16.9. The Hall–Kier alpha value is -3.69. The number of rotatable bonds is 7. The smallest absolute Gasteiger partial charge is 0.303 e. The molecule has 0 heterocycles. The number of hydrogen-bond acceptors (Lipinski definition) is 5. The normalized spacial score (nSPS) is 9.97. The number of Topliss-reactive ketones (excluding diaryl/α,β-unsaturated/α-hetero) is 1. The fourth-order valence-corrected chi connectivity index (χ4v) is 3.41. The molecule has 0 atom stereocenters. The number of hydrogen-bond donors (Lipinski definition) is 1. The Labute approximate surface area is 185 Å². The highest BCUT2D eigenvalue weighted by Crippen LogP contribution is 2.25. The van der Waals surface area contributed by atoms with Gasteiger partial charge in [0.05, 0.1) is 12.7 Å². The molecule has 31 heavy (non-hydrogen) atoms. The van der Waals surface area contributed by atoms with Crippen LogP contribution in [0.2, 0.25) is 0 Å². The number of aromatic hydroxyl groups is 1. The van der Waals surface area contributed by atoms with Crippen LogP contribution < -0.4 is 9.64 Å². The summed E-state index contributed by atoms with van der Waals surface area (Å²) in [5.41, 5.74) is 0.838. The van der Waals surface area contributed by atoms with Crippen molar-refractivity contribution in [3.8, 4) is 22.7 Å². The summed E-state index contributed by atoms with van der Waals surface area (Å²) in [6, 6.07) is 23.1. The fraction of sp³-hybridized carbons (Fsp3) is 0.120. The molecule has 0 aromatic heterocycles. The molecule has 0 bridgehead atoms. The van der Waals surface area contributed by atoms with E-state index in [4.69, 9.17) is 4.74 Å². The molecule has 0 spiro atoms. The number of carbonyl (C=O) groups is 2. The predicted octanol–water partition coefficient (Wildman–Crippen LogP) is 4.76. The van der Waals surface area contributed by atoms with Crippen molar-refractivity contribution in [1.29, 1.82) is 0 Å². The zero-order valence-corrected chi connectivity index (χ0v) is 17.8. The van der Waals surface area contributed by atoms with Crippen LogP contribution in [0.5, 0.6) is 11.5 Å². The number of phenols is 1. The first-order valence-electron chi connectivity index (χ1n) is 9.58. The summed E-state index contributed by atoms with van der Waals surface area (Å²) in [7, 11) is 1.48. The zero-order chi connectivity index (χ0) is 22.1. The third-order valence-corrected chi connectivity index (χ3v) is 5.16. The van der Waals surface area contributed by atoms with Gasteiger partial charge < -0.3 is 14.7 Å². The minimum atomic E-state index is -0.401. The lowest BCUT2D eigenvalue weighted by Crippen LogP contribution is -2.31. The molecule has 0 saturated heterocycles. The monoisotopic (exact) mass is 431 g/mol. The molecule has 1 amide bonds. The Morgan fingerprint density at radius 2 is 1.68 bits per heavy atom. The second kappa shape index (κ2) is 10.9. The first-order chi connectivity index (χ1) is 15.1. The maximum Gasteiger partial charge on any atom is 0.303 e. The lowest BCUT2D eigenvalue weighted by molar-refractivity contribution is -0.113. The lowest BCUT2D eigenvalue weighted by Gasteiger charge is -2.20. The van der Waals surface area contributed by atoms with E-state index < -0.39 is 5.91 Å². The Bertz CT molecular complexity index is 1100. The van der Waals surface area contributed by atoms with Gasteiger partial charge in [-0.3, -0.25) is 9.59 Å². The van der Waals surface area contributed by atoms with Crippen LogP contribution in [0.15, 0.2) is 83.8 Å². The number of nitrogens with zero attached hydrogens (tertiary/aromatic N) is 1. The third-order valence-electron chi connectivity index (χ3n) is 4.45. The number of anilines is 1. The van der Waals surface area contributed by atoms with Crippen molar-refractivity contribution in [2.75, 3.05) is 18.6 Å². The van der Waals surface area contributed by atoms with Crippen molar-refractivity contribution in [2.45, 2.75) is 11.3 Å². The maximum absolute atomic E-state index is 12.8. The van der Waals surface area contributed by atoms with Gasteiger partial charge in [0.15, 0.2) is 5.78 Å². The van der Waals surface area contributed by atoms with Crippen LogP contribution in [0.4, 0.5) is 5.69 Å². The molecule has 3 aromatic carbocycles. The minimum Gasteiger partial charge on any atom is -0.507 e. The van der Waals surface area contributed by atoms with E-state index in [1.165, 1.54) is 35.9 Å². The van der Waals surface area contributed by atoms with Gasteiger partial charge in [0, 0.05) is 35.5 Å². The van der Waals surface area contributed by atoms with E-state index >= 15 is 0 Å². The number of phenolic OH excluding ortho intramolecular Hbond substituents is 1. The molecule has 0 aliphatic heterocycles. The van der Waals surface area contributed by atoms with Crippen LogP contribution in [0.3, 0.4) is 0 Å². The number of ketones is 1. The van der Waals surface area contributed by atoms with E-state index in [0.717, 1.165) is 4.90 Å². The number of thioether (sulfide) groups is 1. The SMILES string of the molecule is COc1ccc(C(=O)CCN(C(=O)C#CSc2ccccc2)c2ccccc2)c(O)c1. The molecule has 5 nitrogen and oxygen atoms in total. The number of amides is 1. The second-order valence-corrected chi connectivity index (χ2v) is 7.37. The van der Waals surface area contributed by atoms with Gasteiger partial charge in [-0.25, -0.2) is 0 Å². The first-order valence-corrected chi connectivity index (χ1v) is 10.4. The van der Waals surface area contributed by atoms with E-state index in [1.807, 2.05) is 48.5 Å². The largest absolute Gasteiger partial charge is 0.507 e. The van der Waals surface area contributed by atoms with E-state index in [-0.39, 0.29) is 30.1 Å². The van der Waals surface area contributed by atoms with Crippen molar-refractivity contribution in [3.05, 3.63) is 84.4 Å². The summed E-state index contributed by atoms with van der Waals surface area (Å²) in [6.07, 6.45) is 0.0357. The van der Waals surface area contributed by atoms with Gasteiger partial charge in [-0.2, -0.15) is 0 Å². The Morgan fingerprint density at radius 3 is 2.32 bits per heavy atom. The number of ether oxygens (including phenoxy) is 1. The van der Waals surface area contributed by atoms with Crippen LogP contribution in [-0.2, 0) is 4.79 Å². The van der Waals surface area contributed by atoms with Gasteiger partial charge in [0.1, 0.15) is 11.5 Å². The predicted molar refractivity (Wildman–Crippen MR) is 122 cm³/mol. The molecular weight excluding hydrogens is 410 g/mol. The van der Waals surface area contributed by atoms with Crippen LogP contribution in [-0.4, -0.2) is 30.5 Å². The van der Waals surface area contributed by atoms with Gasteiger partial charge in [0.2, 0.25) is 0 Å². The summed E-state index contributed by atoms with van der Waals surface area (Å²) in [5, 5.41) is 12.9. The number of methoxy groups -OCH3 is 1. The summed E-state index contributed by atoms with van der Waals surface area (Å²) < 4.78 is 5.05. The minimum absolute atomic E-state index is 0.0357. The Morgan fingerprint density at radius 1 is 1.00 bits per heavy atom. The van der Waals surface area contributed by atoms with Gasteiger partial charge in [-0.15, -0.1) is 0 Å². The average Bonchev–Trinajstić information content (AvgIpc) is 2.80. The molecule has 3 aromatic rings. The average molecular weight is 432 g/mol. The van der Waals surface area contributed by atoms with E-state index in [0.29, 0.717) is 11.4 Å². The molecule has 0 unspecified atom stereocenters. The highest BCUT2D eigenvalue weighted by Gasteiger charge is 2.18. The quantitative estimate of drug-likeness (QED) is 0.332. The molecule has 3 rings (SSSR count). The molecule has 0 fully saturated rings. The topological polar surface area (TPSA) is 66.8 Å². The Balaban J connectivity index is 1.72. The number of carbonyl (C=O) groups excluding carboxylic acids is 2. The molecule has 156 valence electrons. The summed E-state index contributed by atoms with van der Waals surface area (Å²) >= 11 is 1.27. The van der Waals surface area contributed by atoms with Gasteiger partial charge >= 0.3 is 5.91 Å². The van der Waals surface area contributed by atoms with Crippen molar-refractivity contribution in [1.82, 2.24) is 0 Å². The van der Waals surface area contributed by atoms with Gasteiger partial charge in [-0.05, 0) is 53.4 Å². The molecule has 6 heteroatoms. The van der Waals surface area contributed by atoms with Crippen molar-refractivity contribution in [2.24, 2.45) is 0 Å². The lowest BCUT2D eigenvalue weighted by atomic mass is 10.1. The molecule has 1 N–H and O–H groups in total. The Kier molecular flexibility index (Phi) is 7.74. The van der Waals surface area contributed by atoms with Crippen molar-refractivity contribution >= 4 is 29.1 Å². The van der Waals surface area contributed by atoms with Crippen LogP contribution in [0.1, 0.15) is 16.8 Å². The summed E-state index contributed by atoms with van der Waals surface area (Å²) in [4.78, 5) is 27.9. The second-order valence-electron chi connectivity index (χ2n) is 6.49. The molecular formula is C25H21NO4S. The molecule has 0 saturated carbocycles. The van der Waals surface area contributed by atoms with Crippen LogP contribution >= 0.6 is 11.8 Å². The maximum atomic E-state index is 12.8. The first kappa shape index (κ1) is 22.0. The fourth-order valence-electron chi connectivity index (χ4n) is 2.86. The van der Waals surface area contributed by atoms with Crippen molar-refractivity contribution < 1.29 is 19.4 Å². The van der Waals surface area contributed by atoms with E-state index in [1.54, 1.807) is 18.2 Å². The standard InChI is InChI=1S/C25H21NO4S/c1-30-20-12-13-22(24(28)18-20)23(27)14-16-26(19-8-4-2-5-9-19)25(29)15-17-31-21-10-6-3-7-11-21/h2-13,18,28H,14,16H2,1H3.